The maximum absolute atomic E-state index is 11.6. The van der Waals surface area contributed by atoms with Crippen LogP contribution in [-0.2, 0) is 4.74 Å². The fourth-order valence-corrected chi connectivity index (χ4v) is 1.98. The van der Waals surface area contributed by atoms with Crippen LogP contribution in [0.15, 0.2) is 24.3 Å². The SMILES string of the molecule is CCOC(=O)c1nsnc1-c1ccc(C)cc1. The van der Waals surface area contributed by atoms with Gasteiger partial charge < -0.3 is 4.74 Å². The first-order chi connectivity index (χ1) is 8.22. The second-order valence-corrected chi connectivity index (χ2v) is 4.08. The first-order valence-electron chi connectivity index (χ1n) is 5.29. The second kappa shape index (κ2) is 5.05. The Balaban J connectivity index is 2.36. The maximum Gasteiger partial charge on any atom is 0.360 e. The minimum Gasteiger partial charge on any atom is -0.461 e. The van der Waals surface area contributed by atoms with Gasteiger partial charge in [0.05, 0.1) is 18.3 Å². The molecule has 17 heavy (non-hydrogen) atoms. The van der Waals surface area contributed by atoms with Crippen LogP contribution in [0.1, 0.15) is 23.0 Å². The van der Waals surface area contributed by atoms with Crippen molar-refractivity contribution in [1.29, 1.82) is 0 Å². The number of aromatic nitrogens is 2. The molecule has 1 aromatic heterocycles. The van der Waals surface area contributed by atoms with Crippen molar-refractivity contribution in [2.24, 2.45) is 0 Å². The third-order valence-electron chi connectivity index (χ3n) is 2.28. The van der Waals surface area contributed by atoms with Crippen LogP contribution in [0, 0.1) is 6.92 Å². The van der Waals surface area contributed by atoms with Crippen LogP contribution in [0.25, 0.3) is 11.3 Å². The average molecular weight is 248 g/mol. The van der Waals surface area contributed by atoms with Crippen LogP contribution < -0.4 is 0 Å². The summed E-state index contributed by atoms with van der Waals surface area (Å²) in [6, 6.07) is 7.80. The first-order valence-corrected chi connectivity index (χ1v) is 6.02. The quantitative estimate of drug-likeness (QED) is 0.784. The smallest absolute Gasteiger partial charge is 0.360 e. The molecule has 1 heterocycles. The molecule has 0 fully saturated rings. The van der Waals surface area contributed by atoms with Crippen LogP contribution in [0.2, 0.25) is 0 Å². The molecule has 0 saturated heterocycles. The van der Waals surface area contributed by atoms with Crippen LogP contribution in [-0.4, -0.2) is 21.3 Å². The number of esters is 1. The van der Waals surface area contributed by atoms with Crippen molar-refractivity contribution in [2.75, 3.05) is 6.61 Å². The molecule has 0 atom stereocenters. The zero-order valence-corrected chi connectivity index (χ0v) is 10.5. The van der Waals surface area contributed by atoms with E-state index in [4.69, 9.17) is 4.74 Å². The van der Waals surface area contributed by atoms with Crippen molar-refractivity contribution >= 4 is 17.7 Å². The highest BCUT2D eigenvalue weighted by atomic mass is 32.1. The predicted molar refractivity (Wildman–Crippen MR) is 66.0 cm³/mol. The Morgan fingerprint density at radius 2 is 2.00 bits per heavy atom. The van der Waals surface area contributed by atoms with Crippen molar-refractivity contribution in [3.05, 3.63) is 35.5 Å². The summed E-state index contributed by atoms with van der Waals surface area (Å²) in [6.45, 7) is 4.11. The van der Waals surface area contributed by atoms with Gasteiger partial charge in [0.15, 0.2) is 5.69 Å². The van der Waals surface area contributed by atoms with Crippen LogP contribution in [0.3, 0.4) is 0 Å². The largest absolute Gasteiger partial charge is 0.461 e. The number of carbonyl (C=O) groups is 1. The highest BCUT2D eigenvalue weighted by Gasteiger charge is 2.18. The molecule has 0 amide bonds. The lowest BCUT2D eigenvalue weighted by atomic mass is 10.1. The molecule has 0 radical (unpaired) electrons. The van der Waals surface area contributed by atoms with Gasteiger partial charge in [0.1, 0.15) is 5.69 Å². The number of benzene rings is 1. The summed E-state index contributed by atoms with van der Waals surface area (Å²) >= 11 is 1.02. The molecule has 88 valence electrons. The highest BCUT2D eigenvalue weighted by Crippen LogP contribution is 2.22. The van der Waals surface area contributed by atoms with Gasteiger partial charge in [0.25, 0.3) is 0 Å². The number of carbonyl (C=O) groups excluding carboxylic acids is 1. The molecular formula is C12H12N2O2S. The molecule has 0 aliphatic carbocycles. The molecule has 5 heteroatoms. The topological polar surface area (TPSA) is 52.1 Å². The van der Waals surface area contributed by atoms with Crippen molar-refractivity contribution in [3.8, 4) is 11.3 Å². The predicted octanol–water partition coefficient (Wildman–Crippen LogP) is 2.69. The molecule has 2 rings (SSSR count). The van der Waals surface area contributed by atoms with Gasteiger partial charge in [-0.1, -0.05) is 29.8 Å². The van der Waals surface area contributed by atoms with E-state index in [-0.39, 0.29) is 0 Å². The van der Waals surface area contributed by atoms with Gasteiger partial charge in [-0.05, 0) is 13.8 Å². The summed E-state index contributed by atoms with van der Waals surface area (Å²) in [6.07, 6.45) is 0. The summed E-state index contributed by atoms with van der Waals surface area (Å²) in [4.78, 5) is 11.6. The molecule has 0 saturated carbocycles. The van der Waals surface area contributed by atoms with Crippen molar-refractivity contribution in [1.82, 2.24) is 8.75 Å². The van der Waals surface area contributed by atoms with E-state index in [0.29, 0.717) is 18.0 Å². The van der Waals surface area contributed by atoms with Crippen molar-refractivity contribution < 1.29 is 9.53 Å². The summed E-state index contributed by atoms with van der Waals surface area (Å²) in [7, 11) is 0. The van der Waals surface area contributed by atoms with E-state index in [2.05, 4.69) is 8.75 Å². The Hall–Kier alpha value is -1.75. The average Bonchev–Trinajstić information content (AvgIpc) is 2.79. The van der Waals surface area contributed by atoms with Gasteiger partial charge in [-0.3, -0.25) is 0 Å². The molecule has 1 aromatic carbocycles. The Morgan fingerprint density at radius 3 is 2.65 bits per heavy atom. The van der Waals surface area contributed by atoms with Gasteiger partial charge in [-0.25, -0.2) is 4.79 Å². The summed E-state index contributed by atoms with van der Waals surface area (Å²) in [5, 5.41) is 0. The summed E-state index contributed by atoms with van der Waals surface area (Å²) in [5.74, 6) is -0.420. The van der Waals surface area contributed by atoms with E-state index in [1.165, 1.54) is 0 Å². The fraction of sp³-hybridized carbons (Fsp3) is 0.250. The van der Waals surface area contributed by atoms with E-state index in [0.717, 1.165) is 22.9 Å². The number of aryl methyl sites for hydroxylation is 1. The number of ether oxygens (including phenoxy) is 1. The van der Waals surface area contributed by atoms with Crippen LogP contribution >= 0.6 is 11.7 Å². The number of hydrogen-bond acceptors (Lipinski definition) is 5. The van der Waals surface area contributed by atoms with Crippen LogP contribution in [0.5, 0.6) is 0 Å². The van der Waals surface area contributed by atoms with E-state index in [1.54, 1.807) is 6.92 Å². The number of hydrogen-bond donors (Lipinski definition) is 0. The number of nitrogens with zero attached hydrogens (tertiary/aromatic N) is 2. The highest BCUT2D eigenvalue weighted by molar-refractivity contribution is 6.99. The fourth-order valence-electron chi connectivity index (χ4n) is 1.42. The van der Waals surface area contributed by atoms with Crippen molar-refractivity contribution in [3.63, 3.8) is 0 Å². The Morgan fingerprint density at radius 1 is 1.29 bits per heavy atom. The van der Waals surface area contributed by atoms with Gasteiger partial charge in [-0.15, -0.1) is 0 Å². The molecule has 4 nitrogen and oxygen atoms in total. The van der Waals surface area contributed by atoms with Gasteiger partial charge in [0, 0.05) is 5.56 Å². The lowest BCUT2D eigenvalue weighted by Gasteiger charge is -2.01. The van der Waals surface area contributed by atoms with Crippen molar-refractivity contribution in [2.45, 2.75) is 13.8 Å². The van der Waals surface area contributed by atoms with Gasteiger partial charge >= 0.3 is 5.97 Å². The maximum atomic E-state index is 11.6. The number of rotatable bonds is 3. The van der Waals surface area contributed by atoms with Crippen LogP contribution in [0.4, 0.5) is 0 Å². The molecule has 0 unspecified atom stereocenters. The van der Waals surface area contributed by atoms with Gasteiger partial charge in [0.2, 0.25) is 0 Å². The van der Waals surface area contributed by atoms with E-state index < -0.39 is 5.97 Å². The minimum atomic E-state index is -0.420. The molecule has 2 aromatic rings. The van der Waals surface area contributed by atoms with Gasteiger partial charge in [-0.2, -0.15) is 8.75 Å². The Labute approximate surface area is 104 Å². The lowest BCUT2D eigenvalue weighted by molar-refractivity contribution is 0.0521. The molecule has 0 bridgehead atoms. The van der Waals surface area contributed by atoms with E-state index in [9.17, 15) is 4.79 Å². The normalized spacial score (nSPS) is 10.2. The third-order valence-corrected chi connectivity index (χ3v) is 2.81. The Bertz CT molecular complexity index is 520. The molecule has 0 N–H and O–H groups in total. The summed E-state index contributed by atoms with van der Waals surface area (Å²) in [5.41, 5.74) is 2.93. The molecule has 0 aliphatic rings. The minimum absolute atomic E-state index is 0.292. The molecule has 0 aliphatic heterocycles. The zero-order valence-electron chi connectivity index (χ0n) is 9.64. The standard InChI is InChI=1S/C12H12N2O2S/c1-3-16-12(15)11-10(13-17-14-11)9-6-4-8(2)5-7-9/h4-7H,3H2,1-2H3. The summed E-state index contributed by atoms with van der Waals surface area (Å²) < 4.78 is 13.1. The van der Waals surface area contributed by atoms with E-state index in [1.807, 2.05) is 31.2 Å². The third kappa shape index (κ3) is 2.50. The van der Waals surface area contributed by atoms with E-state index >= 15 is 0 Å². The Kier molecular flexibility index (Phi) is 3.49. The molecular weight excluding hydrogens is 236 g/mol. The zero-order chi connectivity index (χ0) is 12.3. The monoisotopic (exact) mass is 248 g/mol. The lowest BCUT2D eigenvalue weighted by Crippen LogP contribution is -2.06. The molecule has 0 spiro atoms. The first kappa shape index (κ1) is 11.7. The second-order valence-electron chi connectivity index (χ2n) is 3.55.